The smallest absolute Gasteiger partial charge is 0.295 e. The van der Waals surface area contributed by atoms with Crippen molar-refractivity contribution in [2.45, 2.75) is 43.4 Å². The van der Waals surface area contributed by atoms with E-state index in [0.717, 1.165) is 33.1 Å². The van der Waals surface area contributed by atoms with Gasteiger partial charge in [-0.15, -0.1) is 0 Å². The van der Waals surface area contributed by atoms with Gasteiger partial charge in [-0.2, -0.15) is 0 Å². The highest BCUT2D eigenvalue weighted by Gasteiger charge is 2.57. The maximum Gasteiger partial charge on any atom is 0.295 e. The molecule has 0 bridgehead atoms. The summed E-state index contributed by atoms with van der Waals surface area (Å²) in [6.07, 6.45) is 4.06. The lowest BCUT2D eigenvalue weighted by atomic mass is 9.78. The Kier molecular flexibility index (Phi) is 9.56. The van der Waals surface area contributed by atoms with Crippen molar-refractivity contribution < 1.29 is 32.5 Å². The number of aromatic nitrogens is 4. The number of methoxy groups -OCH3 is 1. The molecule has 12 nitrogen and oxygen atoms in total. The van der Waals surface area contributed by atoms with Crippen LogP contribution in [0.1, 0.15) is 30.0 Å². The van der Waals surface area contributed by atoms with Crippen LogP contribution in [0, 0.1) is 11.7 Å². The Morgan fingerprint density at radius 2 is 1.92 bits per heavy atom. The second kappa shape index (κ2) is 13.8. The molecule has 4 aromatic rings. The van der Waals surface area contributed by atoms with Crippen molar-refractivity contribution in [3.8, 4) is 17.4 Å². The minimum Gasteiger partial charge on any atom is -0.494 e. The topological polar surface area (TPSA) is 149 Å². The van der Waals surface area contributed by atoms with E-state index in [4.69, 9.17) is 15.2 Å². The van der Waals surface area contributed by atoms with Gasteiger partial charge in [0.15, 0.2) is 17.3 Å². The number of likely N-dealkylation sites (tertiary alicyclic amines) is 2. The summed E-state index contributed by atoms with van der Waals surface area (Å²) in [4.78, 5) is 42.6. The number of hydrogen-bond donors (Lipinski definition) is 2. The summed E-state index contributed by atoms with van der Waals surface area (Å²) in [6, 6.07) is 15.0. The number of ether oxygens (including phenoxy) is 2. The Labute approximate surface area is 279 Å². The van der Waals surface area contributed by atoms with E-state index in [1.807, 2.05) is 36.4 Å². The molecule has 15 heteroatoms. The van der Waals surface area contributed by atoms with Crippen LogP contribution in [0.25, 0.3) is 0 Å². The van der Waals surface area contributed by atoms with Gasteiger partial charge in [-0.05, 0) is 36.7 Å². The van der Waals surface area contributed by atoms with E-state index in [2.05, 4.69) is 19.9 Å². The number of carbonyl (C=O) groups is 1. The number of nitrogens with zero attached hydrogens (tertiary/aromatic N) is 6. The molecule has 0 radical (unpaired) electrons. The van der Waals surface area contributed by atoms with E-state index in [1.54, 1.807) is 6.20 Å². The SMILES string of the molecule is COc1cc(Oc2ncn(C[C@@]3(O)CCN(C(=O)[C@@H]4CCN(Cc5ccncn5)C[C@H]4c4ccccc4)CC3(F)F)c(=O)c2N)ccc1F. The lowest BCUT2D eigenvalue weighted by molar-refractivity contribution is -0.223. The molecule has 3 atom stereocenters. The summed E-state index contributed by atoms with van der Waals surface area (Å²) >= 11 is 0. The van der Waals surface area contributed by atoms with Crippen LogP contribution in [-0.2, 0) is 17.9 Å². The molecular weight excluding hydrogens is 643 g/mol. The molecule has 6 rings (SSSR count). The van der Waals surface area contributed by atoms with Gasteiger partial charge in [0, 0.05) is 50.2 Å². The van der Waals surface area contributed by atoms with Gasteiger partial charge in [-0.3, -0.25) is 19.1 Å². The number of halogens is 3. The van der Waals surface area contributed by atoms with E-state index < -0.39 is 59.9 Å². The van der Waals surface area contributed by atoms with Gasteiger partial charge in [0.25, 0.3) is 11.5 Å². The van der Waals surface area contributed by atoms with E-state index in [1.165, 1.54) is 25.6 Å². The van der Waals surface area contributed by atoms with Crippen molar-refractivity contribution >= 4 is 11.6 Å². The fraction of sp³-hybridized carbons (Fsp3) is 0.382. The molecule has 2 saturated heterocycles. The Hall–Kier alpha value is -5.02. The highest BCUT2D eigenvalue weighted by molar-refractivity contribution is 5.80. The molecule has 2 aromatic heterocycles. The number of alkyl halides is 2. The highest BCUT2D eigenvalue weighted by Crippen LogP contribution is 2.41. The first-order valence-electron chi connectivity index (χ1n) is 15.8. The van der Waals surface area contributed by atoms with Gasteiger partial charge < -0.3 is 25.2 Å². The third-order valence-electron chi connectivity index (χ3n) is 9.25. The van der Waals surface area contributed by atoms with Crippen molar-refractivity contribution in [2.75, 3.05) is 39.0 Å². The number of aliphatic hydroxyl groups is 1. The molecule has 4 heterocycles. The third kappa shape index (κ3) is 7.08. The van der Waals surface area contributed by atoms with Crippen LogP contribution in [0.5, 0.6) is 17.4 Å². The summed E-state index contributed by atoms with van der Waals surface area (Å²) in [5.41, 5.74) is 3.64. The van der Waals surface area contributed by atoms with Crippen LogP contribution in [0.3, 0.4) is 0 Å². The van der Waals surface area contributed by atoms with Gasteiger partial charge in [0.1, 0.15) is 24.0 Å². The summed E-state index contributed by atoms with van der Waals surface area (Å²) < 4.78 is 56.7. The van der Waals surface area contributed by atoms with Gasteiger partial charge in [-0.25, -0.2) is 28.1 Å². The van der Waals surface area contributed by atoms with Gasteiger partial charge in [0.2, 0.25) is 11.8 Å². The number of carbonyl (C=O) groups excluding carboxylic acids is 1. The molecule has 0 aliphatic carbocycles. The molecule has 2 aliphatic heterocycles. The normalized spacial score (nSPS) is 22.4. The van der Waals surface area contributed by atoms with Crippen LogP contribution >= 0.6 is 0 Å². The van der Waals surface area contributed by atoms with Crippen LogP contribution in [0.2, 0.25) is 0 Å². The number of anilines is 1. The van der Waals surface area contributed by atoms with Crippen molar-refractivity contribution in [1.29, 1.82) is 0 Å². The predicted octanol–water partition coefficient (Wildman–Crippen LogP) is 3.46. The quantitative estimate of drug-likeness (QED) is 0.270. The maximum absolute atomic E-state index is 15.8. The number of rotatable bonds is 9. The minimum atomic E-state index is -3.77. The first kappa shape index (κ1) is 33.9. The molecule has 3 N–H and O–H groups in total. The minimum absolute atomic E-state index is 0.0720. The van der Waals surface area contributed by atoms with E-state index >= 15 is 8.78 Å². The Bertz CT molecular complexity index is 1850. The maximum atomic E-state index is 15.8. The third-order valence-corrected chi connectivity index (χ3v) is 9.25. The zero-order chi connectivity index (χ0) is 34.8. The number of nitrogens with two attached hydrogens (primary N) is 1. The second-order valence-corrected chi connectivity index (χ2v) is 12.4. The first-order chi connectivity index (χ1) is 23.5. The predicted molar refractivity (Wildman–Crippen MR) is 172 cm³/mol. The summed E-state index contributed by atoms with van der Waals surface area (Å²) in [7, 11) is 1.27. The van der Waals surface area contributed by atoms with Crippen molar-refractivity contribution in [1.82, 2.24) is 29.3 Å². The second-order valence-electron chi connectivity index (χ2n) is 12.4. The molecule has 0 spiro atoms. The summed E-state index contributed by atoms with van der Waals surface area (Å²) in [6.45, 7) is -0.311. The standard InChI is InChI=1S/C34H36F3N7O5/c1-48-28-15-24(7-8-27(28)35)49-30-29(38)32(46)44(21-41-30)18-33(47)11-14-43(19-34(33,36)37)31(45)25-10-13-42(16-23-9-12-39-20-40-23)17-26(25)22-5-3-2-4-6-22/h2-9,12,15,20-21,25-26,47H,10-11,13-14,16-19,38H2,1H3/t25-,26+,33+/m1/s1. The lowest BCUT2D eigenvalue weighted by Gasteiger charge is -2.46. The van der Waals surface area contributed by atoms with E-state index in [-0.39, 0.29) is 29.8 Å². The molecule has 49 heavy (non-hydrogen) atoms. The Morgan fingerprint density at radius 3 is 2.63 bits per heavy atom. The zero-order valence-electron chi connectivity index (χ0n) is 26.7. The summed E-state index contributed by atoms with van der Waals surface area (Å²) in [5, 5.41) is 11.3. The van der Waals surface area contributed by atoms with Gasteiger partial charge in [-0.1, -0.05) is 30.3 Å². The van der Waals surface area contributed by atoms with Crippen molar-refractivity contribution in [3.63, 3.8) is 0 Å². The molecule has 258 valence electrons. The van der Waals surface area contributed by atoms with Crippen LogP contribution in [0.4, 0.5) is 18.9 Å². The number of amides is 1. The fourth-order valence-electron chi connectivity index (χ4n) is 6.50. The highest BCUT2D eigenvalue weighted by atomic mass is 19.3. The summed E-state index contributed by atoms with van der Waals surface area (Å²) in [5.74, 6) is -5.98. The Morgan fingerprint density at radius 1 is 1.12 bits per heavy atom. The largest absolute Gasteiger partial charge is 0.494 e. The van der Waals surface area contributed by atoms with Crippen LogP contribution in [-0.4, -0.2) is 85.1 Å². The number of hydrogen-bond acceptors (Lipinski definition) is 10. The van der Waals surface area contributed by atoms with Gasteiger partial charge >= 0.3 is 0 Å². The van der Waals surface area contributed by atoms with Crippen molar-refractivity contribution in [3.05, 3.63) is 101 Å². The molecule has 2 aliphatic rings. The monoisotopic (exact) mass is 679 g/mol. The molecule has 2 fully saturated rings. The van der Waals surface area contributed by atoms with E-state index in [0.29, 0.717) is 26.1 Å². The first-order valence-corrected chi connectivity index (χ1v) is 15.8. The molecule has 0 saturated carbocycles. The zero-order valence-corrected chi connectivity index (χ0v) is 26.7. The Balaban J connectivity index is 1.15. The number of piperidine rings is 2. The number of benzene rings is 2. The number of nitrogen functional groups attached to an aromatic ring is 1. The van der Waals surface area contributed by atoms with Gasteiger partial charge in [0.05, 0.1) is 25.9 Å². The molecule has 0 unspecified atom stereocenters. The fourth-order valence-corrected chi connectivity index (χ4v) is 6.50. The van der Waals surface area contributed by atoms with Crippen molar-refractivity contribution in [2.24, 2.45) is 5.92 Å². The molecular formula is C34H36F3N7O5. The lowest BCUT2D eigenvalue weighted by Crippen LogP contribution is -2.64. The average Bonchev–Trinajstić information content (AvgIpc) is 3.10. The average molecular weight is 680 g/mol. The van der Waals surface area contributed by atoms with E-state index in [9.17, 15) is 19.1 Å². The molecule has 2 aromatic carbocycles. The van der Waals surface area contributed by atoms with Crippen LogP contribution < -0.4 is 20.8 Å². The molecule has 1 amide bonds. The van der Waals surface area contributed by atoms with Crippen LogP contribution in [0.15, 0.2) is 78.2 Å².